The Bertz CT molecular complexity index is 393. The number of nitrogens with zero attached hydrogens (tertiary/aromatic N) is 1. The van der Waals surface area contributed by atoms with Gasteiger partial charge in [0, 0.05) is 18.8 Å². The molecule has 94 valence electrons. The fraction of sp³-hybridized carbons (Fsp3) is 0.417. The number of likely N-dealkylation sites (N-methyl/N-ethyl adjacent to an activating group) is 1. The van der Waals surface area contributed by atoms with Gasteiger partial charge >= 0.3 is 0 Å². The Morgan fingerprint density at radius 1 is 1.53 bits per heavy atom. The molecule has 0 aromatic heterocycles. The summed E-state index contributed by atoms with van der Waals surface area (Å²) in [4.78, 5) is 13.7. The van der Waals surface area contributed by atoms with Gasteiger partial charge in [-0.05, 0) is 19.1 Å². The topological polar surface area (TPSA) is 75.8 Å². The average Bonchev–Trinajstić information content (AvgIpc) is 2.34. The Labute approximate surface area is 101 Å². The van der Waals surface area contributed by atoms with Crippen LogP contribution in [0, 0.1) is 0 Å². The molecule has 0 saturated carbocycles. The average molecular weight is 238 g/mol. The van der Waals surface area contributed by atoms with Gasteiger partial charge in [-0.3, -0.25) is 4.79 Å². The largest absolute Gasteiger partial charge is 0.496 e. The maximum atomic E-state index is 12.2. The normalized spacial score (nSPS) is 10.1. The molecule has 0 fully saturated rings. The second-order valence-electron chi connectivity index (χ2n) is 3.53. The van der Waals surface area contributed by atoms with Crippen LogP contribution in [-0.4, -0.2) is 42.7 Å². The second kappa shape index (κ2) is 6.10. The summed E-state index contributed by atoms with van der Waals surface area (Å²) < 4.78 is 5.13. The first-order valence-electron chi connectivity index (χ1n) is 5.48. The number of nitrogen functional groups attached to an aromatic ring is 1. The van der Waals surface area contributed by atoms with Crippen molar-refractivity contribution in [3.05, 3.63) is 23.8 Å². The lowest BCUT2D eigenvalue weighted by Crippen LogP contribution is -2.34. The van der Waals surface area contributed by atoms with Crippen molar-refractivity contribution < 1.29 is 14.6 Å². The summed E-state index contributed by atoms with van der Waals surface area (Å²) in [5, 5.41) is 8.90. The fourth-order valence-electron chi connectivity index (χ4n) is 1.63. The quantitative estimate of drug-likeness (QED) is 0.741. The van der Waals surface area contributed by atoms with Crippen molar-refractivity contribution in [2.24, 2.45) is 0 Å². The van der Waals surface area contributed by atoms with Crippen molar-refractivity contribution >= 4 is 11.6 Å². The lowest BCUT2D eigenvalue weighted by atomic mass is 10.1. The monoisotopic (exact) mass is 238 g/mol. The molecule has 1 amide bonds. The predicted molar refractivity (Wildman–Crippen MR) is 66.1 cm³/mol. The van der Waals surface area contributed by atoms with Crippen molar-refractivity contribution in [1.29, 1.82) is 0 Å². The third-order valence-corrected chi connectivity index (χ3v) is 2.53. The Morgan fingerprint density at radius 3 is 2.76 bits per heavy atom. The number of aliphatic hydroxyl groups is 1. The second-order valence-corrected chi connectivity index (χ2v) is 3.53. The number of ether oxygens (including phenoxy) is 1. The minimum Gasteiger partial charge on any atom is -0.496 e. The Kier molecular flexibility index (Phi) is 4.78. The van der Waals surface area contributed by atoms with Gasteiger partial charge in [0.25, 0.3) is 5.91 Å². The van der Waals surface area contributed by atoms with Gasteiger partial charge < -0.3 is 20.5 Å². The van der Waals surface area contributed by atoms with Gasteiger partial charge in [-0.25, -0.2) is 0 Å². The van der Waals surface area contributed by atoms with Crippen LogP contribution in [0.25, 0.3) is 0 Å². The molecule has 0 bridgehead atoms. The summed E-state index contributed by atoms with van der Waals surface area (Å²) in [5.41, 5.74) is 6.53. The van der Waals surface area contributed by atoms with Crippen molar-refractivity contribution in [2.75, 3.05) is 32.5 Å². The van der Waals surface area contributed by atoms with E-state index in [4.69, 9.17) is 15.6 Å². The van der Waals surface area contributed by atoms with E-state index in [1.165, 1.54) is 12.0 Å². The number of methoxy groups -OCH3 is 1. The molecule has 0 atom stereocenters. The van der Waals surface area contributed by atoms with Crippen LogP contribution in [0.5, 0.6) is 5.75 Å². The maximum Gasteiger partial charge on any atom is 0.259 e. The van der Waals surface area contributed by atoms with Crippen LogP contribution in [0.2, 0.25) is 0 Å². The summed E-state index contributed by atoms with van der Waals surface area (Å²) in [7, 11) is 1.49. The summed E-state index contributed by atoms with van der Waals surface area (Å²) in [6.45, 7) is 2.57. The minimum absolute atomic E-state index is 0.0748. The summed E-state index contributed by atoms with van der Waals surface area (Å²) in [6, 6.07) is 5.08. The number of nitrogens with two attached hydrogens (primary N) is 1. The first-order valence-corrected chi connectivity index (χ1v) is 5.48. The summed E-state index contributed by atoms with van der Waals surface area (Å²) in [5.74, 6) is 0.225. The zero-order chi connectivity index (χ0) is 12.8. The van der Waals surface area contributed by atoms with Crippen molar-refractivity contribution in [3.8, 4) is 5.75 Å². The van der Waals surface area contributed by atoms with E-state index in [1.54, 1.807) is 18.2 Å². The number of amides is 1. The van der Waals surface area contributed by atoms with Gasteiger partial charge in [0.2, 0.25) is 0 Å². The first-order chi connectivity index (χ1) is 8.15. The number of aliphatic hydroxyl groups excluding tert-OH is 1. The van der Waals surface area contributed by atoms with Crippen LogP contribution >= 0.6 is 0 Å². The van der Waals surface area contributed by atoms with E-state index >= 15 is 0 Å². The molecule has 0 unspecified atom stereocenters. The van der Waals surface area contributed by atoms with Crippen molar-refractivity contribution in [3.63, 3.8) is 0 Å². The molecule has 0 heterocycles. The van der Waals surface area contributed by atoms with E-state index in [0.717, 1.165) is 0 Å². The Balaban J connectivity index is 3.09. The van der Waals surface area contributed by atoms with Gasteiger partial charge in [0.15, 0.2) is 0 Å². The SMILES string of the molecule is CCN(CCO)C(=O)c1c(N)cccc1OC. The summed E-state index contributed by atoms with van der Waals surface area (Å²) >= 11 is 0. The zero-order valence-corrected chi connectivity index (χ0v) is 10.1. The number of carbonyl (C=O) groups is 1. The molecule has 0 aliphatic heterocycles. The molecule has 0 aliphatic carbocycles. The molecule has 0 spiro atoms. The van der Waals surface area contributed by atoms with Crippen LogP contribution in [0.4, 0.5) is 5.69 Å². The number of rotatable bonds is 5. The molecule has 0 aliphatic rings. The fourth-order valence-corrected chi connectivity index (χ4v) is 1.63. The van der Waals surface area contributed by atoms with Crippen LogP contribution in [0.1, 0.15) is 17.3 Å². The molecular weight excluding hydrogens is 220 g/mol. The van der Waals surface area contributed by atoms with Crippen molar-refractivity contribution in [2.45, 2.75) is 6.92 Å². The lowest BCUT2D eigenvalue weighted by Gasteiger charge is -2.21. The number of benzene rings is 1. The van der Waals surface area contributed by atoms with Gasteiger partial charge in [-0.1, -0.05) is 6.07 Å². The van der Waals surface area contributed by atoms with Crippen LogP contribution in [-0.2, 0) is 0 Å². The third kappa shape index (κ3) is 2.88. The summed E-state index contributed by atoms with van der Waals surface area (Å²) in [6.07, 6.45) is 0. The van der Waals surface area contributed by atoms with Crippen LogP contribution < -0.4 is 10.5 Å². The molecule has 1 aromatic carbocycles. The van der Waals surface area contributed by atoms with E-state index in [0.29, 0.717) is 23.5 Å². The molecule has 0 radical (unpaired) electrons. The molecule has 5 nitrogen and oxygen atoms in total. The lowest BCUT2D eigenvalue weighted by molar-refractivity contribution is 0.0729. The maximum absolute atomic E-state index is 12.2. The smallest absolute Gasteiger partial charge is 0.259 e. The highest BCUT2D eigenvalue weighted by Gasteiger charge is 2.20. The van der Waals surface area contributed by atoms with Gasteiger partial charge in [0.05, 0.1) is 13.7 Å². The molecule has 1 rings (SSSR count). The highest BCUT2D eigenvalue weighted by molar-refractivity contribution is 6.01. The van der Waals surface area contributed by atoms with Gasteiger partial charge in [-0.2, -0.15) is 0 Å². The number of hydrogen-bond acceptors (Lipinski definition) is 4. The molecule has 3 N–H and O–H groups in total. The zero-order valence-electron chi connectivity index (χ0n) is 10.1. The van der Waals surface area contributed by atoms with E-state index in [1.807, 2.05) is 6.92 Å². The van der Waals surface area contributed by atoms with E-state index < -0.39 is 0 Å². The molecule has 5 heteroatoms. The molecular formula is C12H18N2O3. The number of anilines is 1. The highest BCUT2D eigenvalue weighted by Crippen LogP contribution is 2.25. The van der Waals surface area contributed by atoms with E-state index in [9.17, 15) is 4.79 Å². The van der Waals surface area contributed by atoms with Crippen LogP contribution in [0.3, 0.4) is 0 Å². The van der Waals surface area contributed by atoms with Crippen molar-refractivity contribution in [1.82, 2.24) is 4.90 Å². The standard InChI is InChI=1S/C12H18N2O3/c1-3-14(7-8-15)12(16)11-9(13)5-4-6-10(11)17-2/h4-6,15H,3,7-8,13H2,1-2H3. The molecule has 0 saturated heterocycles. The minimum atomic E-state index is -0.225. The van der Waals surface area contributed by atoms with E-state index in [2.05, 4.69) is 0 Å². The molecule has 1 aromatic rings. The number of carbonyl (C=O) groups excluding carboxylic acids is 1. The first kappa shape index (κ1) is 13.3. The van der Waals surface area contributed by atoms with Gasteiger partial charge in [-0.15, -0.1) is 0 Å². The Morgan fingerprint density at radius 2 is 2.24 bits per heavy atom. The predicted octanol–water partition coefficient (Wildman–Crippen LogP) is 0.732. The highest BCUT2D eigenvalue weighted by atomic mass is 16.5. The molecule has 17 heavy (non-hydrogen) atoms. The third-order valence-electron chi connectivity index (χ3n) is 2.53. The number of hydrogen-bond donors (Lipinski definition) is 2. The Hall–Kier alpha value is -1.75. The van der Waals surface area contributed by atoms with Crippen LogP contribution in [0.15, 0.2) is 18.2 Å². The van der Waals surface area contributed by atoms with E-state index in [-0.39, 0.29) is 19.1 Å². The van der Waals surface area contributed by atoms with Gasteiger partial charge in [0.1, 0.15) is 11.3 Å².